The summed E-state index contributed by atoms with van der Waals surface area (Å²) in [6.45, 7) is 2.12. The third kappa shape index (κ3) is 2.83. The fraction of sp³-hybridized carbons (Fsp3) is 0.286. The first kappa shape index (κ1) is 15.7. The Hall–Kier alpha value is -2.69. The molecule has 5 nitrogen and oxygen atoms in total. The van der Waals surface area contributed by atoms with E-state index in [0.29, 0.717) is 18.7 Å². The van der Waals surface area contributed by atoms with Gasteiger partial charge in [-0.15, -0.1) is 6.42 Å². The molecule has 2 heterocycles. The zero-order valence-corrected chi connectivity index (χ0v) is 11.4. The molecular weight excluding hydrogens is 301 g/mol. The Morgan fingerprint density at radius 2 is 2.23 bits per heavy atom. The van der Waals surface area contributed by atoms with Crippen LogP contribution in [0.5, 0.6) is 0 Å². The van der Waals surface area contributed by atoms with Crippen LogP contribution in [0.3, 0.4) is 0 Å². The number of alkyl halides is 3. The number of carbonyl (C=O) groups is 1. The molecule has 2 rings (SSSR count). The SMILES string of the molecule is C#C/C=C\C1=C(C)CCN1c1nc(C(F)(F)F)c(C(=O)O)o1. The fourth-order valence-corrected chi connectivity index (χ4v) is 2.08. The lowest BCUT2D eigenvalue weighted by Crippen LogP contribution is -2.18. The molecule has 0 unspecified atom stereocenters. The van der Waals surface area contributed by atoms with Crippen molar-refractivity contribution in [1.82, 2.24) is 4.98 Å². The second-order valence-corrected chi connectivity index (χ2v) is 4.54. The van der Waals surface area contributed by atoms with Gasteiger partial charge >= 0.3 is 18.2 Å². The molecule has 1 aromatic rings. The highest BCUT2D eigenvalue weighted by atomic mass is 19.4. The number of carboxylic acid groups (broad SMARTS) is 1. The Morgan fingerprint density at radius 3 is 2.73 bits per heavy atom. The van der Waals surface area contributed by atoms with Crippen molar-refractivity contribution in [3.8, 4) is 12.3 Å². The van der Waals surface area contributed by atoms with E-state index in [-0.39, 0.29) is 0 Å². The van der Waals surface area contributed by atoms with E-state index in [0.717, 1.165) is 5.57 Å². The molecule has 8 heteroatoms. The molecule has 0 amide bonds. The first-order valence-electron chi connectivity index (χ1n) is 6.17. The van der Waals surface area contributed by atoms with Crippen LogP contribution in [0, 0.1) is 12.3 Å². The molecule has 0 spiro atoms. The molecule has 0 radical (unpaired) electrons. The number of hydrogen-bond acceptors (Lipinski definition) is 4. The van der Waals surface area contributed by atoms with Crippen LogP contribution in [0.2, 0.25) is 0 Å². The van der Waals surface area contributed by atoms with E-state index in [9.17, 15) is 18.0 Å². The Bertz CT molecular complexity index is 708. The molecule has 0 saturated heterocycles. The van der Waals surface area contributed by atoms with Crippen molar-refractivity contribution in [3.05, 3.63) is 34.9 Å². The lowest BCUT2D eigenvalue weighted by molar-refractivity contribution is -0.141. The number of anilines is 1. The van der Waals surface area contributed by atoms with E-state index in [2.05, 4.69) is 10.9 Å². The van der Waals surface area contributed by atoms with Gasteiger partial charge in [-0.3, -0.25) is 4.90 Å². The molecule has 0 bridgehead atoms. The molecule has 1 aliphatic rings. The number of terminal acetylenes is 1. The van der Waals surface area contributed by atoms with Crippen molar-refractivity contribution in [2.45, 2.75) is 19.5 Å². The van der Waals surface area contributed by atoms with Crippen LogP contribution in [0.1, 0.15) is 29.6 Å². The monoisotopic (exact) mass is 312 g/mol. The first-order chi connectivity index (χ1) is 10.3. The minimum Gasteiger partial charge on any atom is -0.475 e. The molecule has 0 saturated carbocycles. The summed E-state index contributed by atoms with van der Waals surface area (Å²) in [4.78, 5) is 15.6. The van der Waals surface area contributed by atoms with E-state index in [1.54, 1.807) is 13.0 Å². The standard InChI is InChI=1S/C14H11F3N2O3/c1-3-4-5-9-8(2)6-7-19(9)13-18-11(14(15,16)17)10(22-13)12(20)21/h1,4-5H,6-7H2,2H3,(H,20,21)/b5-4-. The molecule has 22 heavy (non-hydrogen) atoms. The van der Waals surface area contributed by atoms with Crippen LogP contribution in [0.15, 0.2) is 27.8 Å². The van der Waals surface area contributed by atoms with Gasteiger partial charge in [-0.05, 0) is 31.1 Å². The number of aromatic nitrogens is 1. The Kier molecular flexibility index (Phi) is 3.99. The van der Waals surface area contributed by atoms with Crippen LogP contribution in [0.25, 0.3) is 0 Å². The molecular formula is C14H11F3N2O3. The number of nitrogens with zero attached hydrogens (tertiary/aromatic N) is 2. The maximum absolute atomic E-state index is 12.8. The van der Waals surface area contributed by atoms with E-state index < -0.39 is 29.6 Å². The summed E-state index contributed by atoms with van der Waals surface area (Å²) >= 11 is 0. The number of halogens is 3. The summed E-state index contributed by atoms with van der Waals surface area (Å²) in [5.41, 5.74) is -0.125. The number of rotatable bonds is 3. The minimum atomic E-state index is -4.91. The van der Waals surface area contributed by atoms with Crippen LogP contribution in [-0.4, -0.2) is 22.6 Å². The van der Waals surface area contributed by atoms with E-state index in [4.69, 9.17) is 15.9 Å². The molecule has 1 N–H and O–H groups in total. The van der Waals surface area contributed by atoms with Gasteiger partial charge in [-0.2, -0.15) is 18.2 Å². The van der Waals surface area contributed by atoms with Gasteiger partial charge in [0, 0.05) is 12.2 Å². The molecule has 0 aliphatic carbocycles. The lowest BCUT2D eigenvalue weighted by atomic mass is 10.2. The lowest BCUT2D eigenvalue weighted by Gasteiger charge is -2.15. The van der Waals surface area contributed by atoms with Gasteiger partial charge in [0.05, 0.1) is 0 Å². The van der Waals surface area contributed by atoms with Gasteiger partial charge in [-0.1, -0.05) is 5.92 Å². The number of carboxylic acids is 1. The summed E-state index contributed by atoms with van der Waals surface area (Å²) in [5, 5.41) is 8.84. The molecule has 1 aliphatic heterocycles. The normalized spacial score (nSPS) is 15.7. The summed E-state index contributed by atoms with van der Waals surface area (Å²) in [6.07, 6.45) is 3.72. The Labute approximate surface area is 123 Å². The maximum Gasteiger partial charge on any atom is 0.437 e. The molecule has 1 aromatic heterocycles. The number of hydrogen-bond donors (Lipinski definition) is 1. The van der Waals surface area contributed by atoms with Gasteiger partial charge in [0.2, 0.25) is 5.76 Å². The smallest absolute Gasteiger partial charge is 0.437 e. The summed E-state index contributed by atoms with van der Waals surface area (Å²) in [7, 11) is 0. The van der Waals surface area contributed by atoms with E-state index in [1.807, 2.05) is 0 Å². The highest BCUT2D eigenvalue weighted by molar-refractivity contribution is 5.86. The van der Waals surface area contributed by atoms with Crippen molar-refractivity contribution in [2.24, 2.45) is 0 Å². The zero-order chi connectivity index (χ0) is 16.5. The topological polar surface area (TPSA) is 66.6 Å². The average Bonchev–Trinajstić information content (AvgIpc) is 2.99. The van der Waals surface area contributed by atoms with E-state index in [1.165, 1.54) is 11.0 Å². The van der Waals surface area contributed by atoms with Gasteiger partial charge < -0.3 is 9.52 Å². The van der Waals surface area contributed by atoms with Gasteiger partial charge in [-0.25, -0.2) is 4.79 Å². The first-order valence-corrected chi connectivity index (χ1v) is 6.17. The molecule has 0 atom stereocenters. The second-order valence-electron chi connectivity index (χ2n) is 4.54. The highest BCUT2D eigenvalue weighted by Crippen LogP contribution is 2.36. The van der Waals surface area contributed by atoms with Crippen molar-refractivity contribution < 1.29 is 27.5 Å². The molecule has 0 fully saturated rings. The van der Waals surface area contributed by atoms with Crippen molar-refractivity contribution in [3.63, 3.8) is 0 Å². The van der Waals surface area contributed by atoms with Crippen LogP contribution < -0.4 is 4.90 Å². The number of allylic oxidation sites excluding steroid dienone is 2. The third-order valence-electron chi connectivity index (χ3n) is 3.09. The zero-order valence-electron chi connectivity index (χ0n) is 11.4. The fourth-order valence-electron chi connectivity index (χ4n) is 2.08. The predicted molar refractivity (Wildman–Crippen MR) is 71.1 cm³/mol. The van der Waals surface area contributed by atoms with Crippen LogP contribution in [0.4, 0.5) is 19.2 Å². The summed E-state index contributed by atoms with van der Waals surface area (Å²) in [5.74, 6) is -0.777. The van der Waals surface area contributed by atoms with Crippen molar-refractivity contribution >= 4 is 12.0 Å². The van der Waals surface area contributed by atoms with E-state index >= 15 is 0 Å². The highest BCUT2D eigenvalue weighted by Gasteiger charge is 2.42. The van der Waals surface area contributed by atoms with Crippen LogP contribution in [-0.2, 0) is 6.18 Å². The third-order valence-corrected chi connectivity index (χ3v) is 3.09. The predicted octanol–water partition coefficient (Wildman–Crippen LogP) is 3.07. The maximum atomic E-state index is 12.8. The van der Waals surface area contributed by atoms with Gasteiger partial charge in [0.25, 0.3) is 0 Å². The number of aromatic carboxylic acids is 1. The molecule has 116 valence electrons. The largest absolute Gasteiger partial charge is 0.475 e. The average molecular weight is 312 g/mol. The molecule has 0 aromatic carbocycles. The Balaban J connectivity index is 2.48. The minimum absolute atomic E-state index is 0.326. The quantitative estimate of drug-likeness (QED) is 0.869. The van der Waals surface area contributed by atoms with Crippen LogP contribution >= 0.6 is 0 Å². The van der Waals surface area contributed by atoms with Crippen molar-refractivity contribution in [2.75, 3.05) is 11.4 Å². The van der Waals surface area contributed by atoms with Crippen molar-refractivity contribution in [1.29, 1.82) is 0 Å². The second kappa shape index (κ2) is 5.60. The number of oxazole rings is 1. The van der Waals surface area contributed by atoms with Gasteiger partial charge in [0.1, 0.15) is 0 Å². The Morgan fingerprint density at radius 1 is 1.55 bits per heavy atom. The van der Waals surface area contributed by atoms with Gasteiger partial charge in [0.15, 0.2) is 5.69 Å². The summed E-state index contributed by atoms with van der Waals surface area (Å²) in [6, 6.07) is -0.418. The summed E-state index contributed by atoms with van der Waals surface area (Å²) < 4.78 is 43.3.